The van der Waals surface area contributed by atoms with Crippen molar-refractivity contribution in [1.29, 1.82) is 5.26 Å². The summed E-state index contributed by atoms with van der Waals surface area (Å²) in [5, 5.41) is 12.4. The van der Waals surface area contributed by atoms with Crippen LogP contribution in [0.4, 0.5) is 5.69 Å². The Kier molecular flexibility index (Phi) is 6.47. The minimum Gasteiger partial charge on any atom is -0.497 e. The molecular formula is C21H18ClN3O3S. The Bertz CT molecular complexity index is 1030. The van der Waals surface area contributed by atoms with E-state index in [4.69, 9.17) is 16.3 Å². The minimum atomic E-state index is -0.547. The number of thioether (sulfide) groups is 1. The molecule has 0 spiro atoms. The van der Waals surface area contributed by atoms with Crippen molar-refractivity contribution in [3.8, 4) is 11.8 Å². The Morgan fingerprint density at radius 1 is 1.31 bits per heavy atom. The number of hydrogen-bond acceptors (Lipinski definition) is 5. The van der Waals surface area contributed by atoms with Crippen LogP contribution >= 0.6 is 23.4 Å². The van der Waals surface area contributed by atoms with Gasteiger partial charge in [0.2, 0.25) is 5.91 Å². The standard InChI is InChI=1S/C21H18ClN3O3S/c1-24-19(26)16(12-23)21-25(14-7-5-8-15(11-14)28-2)20(27)18(29-21)10-13-6-3-4-9-17(13)22/h3-9,11,18H,10H2,1-2H3,(H,24,26)/b21-16-/t18-/m0/s1. The molecule has 29 heavy (non-hydrogen) atoms. The number of anilines is 1. The Balaban J connectivity index is 2.08. The number of ether oxygens (including phenoxy) is 1. The summed E-state index contributed by atoms with van der Waals surface area (Å²) < 4.78 is 5.26. The van der Waals surface area contributed by atoms with Gasteiger partial charge in [-0.15, -0.1) is 0 Å². The normalized spacial score (nSPS) is 17.7. The summed E-state index contributed by atoms with van der Waals surface area (Å²) >= 11 is 7.45. The highest BCUT2D eigenvalue weighted by molar-refractivity contribution is 8.05. The molecule has 0 bridgehead atoms. The number of nitrogens with zero attached hydrogens (tertiary/aromatic N) is 2. The first-order chi connectivity index (χ1) is 14.0. The van der Waals surface area contributed by atoms with Gasteiger partial charge in [-0.25, -0.2) is 0 Å². The van der Waals surface area contributed by atoms with Crippen molar-refractivity contribution in [1.82, 2.24) is 5.32 Å². The molecule has 0 saturated carbocycles. The fourth-order valence-electron chi connectivity index (χ4n) is 2.96. The average Bonchev–Trinajstić information content (AvgIpc) is 3.05. The Morgan fingerprint density at radius 2 is 2.07 bits per heavy atom. The van der Waals surface area contributed by atoms with E-state index in [2.05, 4.69) is 5.32 Å². The minimum absolute atomic E-state index is 0.115. The van der Waals surface area contributed by atoms with Crippen LogP contribution in [-0.4, -0.2) is 31.2 Å². The summed E-state index contributed by atoms with van der Waals surface area (Å²) in [6, 6.07) is 16.2. The molecule has 148 valence electrons. The molecule has 1 atom stereocenters. The molecule has 2 aromatic rings. The number of rotatable bonds is 5. The summed E-state index contributed by atoms with van der Waals surface area (Å²) in [5.74, 6) is -0.212. The highest BCUT2D eigenvalue weighted by atomic mass is 35.5. The highest BCUT2D eigenvalue weighted by Crippen LogP contribution is 2.43. The Morgan fingerprint density at radius 3 is 2.72 bits per heavy atom. The van der Waals surface area contributed by atoms with E-state index in [0.29, 0.717) is 27.9 Å². The Labute approximate surface area is 178 Å². The number of carbonyl (C=O) groups excluding carboxylic acids is 2. The van der Waals surface area contributed by atoms with Crippen LogP contribution in [0, 0.1) is 11.3 Å². The third-order valence-electron chi connectivity index (χ3n) is 4.41. The second-order valence-corrected chi connectivity index (χ2v) is 7.75. The topological polar surface area (TPSA) is 82.4 Å². The fraction of sp³-hybridized carbons (Fsp3) is 0.190. The van der Waals surface area contributed by atoms with E-state index < -0.39 is 11.2 Å². The first kappa shape index (κ1) is 20.8. The van der Waals surface area contributed by atoms with Gasteiger partial charge in [0, 0.05) is 18.1 Å². The molecule has 1 aliphatic rings. The maximum absolute atomic E-state index is 13.3. The SMILES string of the molecule is CNC(=O)/C(C#N)=C1\S[C@@H](Cc2ccccc2Cl)C(=O)N1c1cccc(OC)c1. The van der Waals surface area contributed by atoms with Crippen molar-refractivity contribution >= 4 is 40.9 Å². The monoisotopic (exact) mass is 427 g/mol. The molecule has 1 saturated heterocycles. The summed E-state index contributed by atoms with van der Waals surface area (Å²) in [6.45, 7) is 0. The van der Waals surface area contributed by atoms with Crippen molar-refractivity contribution < 1.29 is 14.3 Å². The van der Waals surface area contributed by atoms with Crippen LogP contribution in [0.5, 0.6) is 5.75 Å². The van der Waals surface area contributed by atoms with Gasteiger partial charge in [-0.2, -0.15) is 5.26 Å². The molecule has 0 radical (unpaired) electrons. The van der Waals surface area contributed by atoms with E-state index in [1.807, 2.05) is 24.3 Å². The first-order valence-corrected chi connectivity index (χ1v) is 10.0. The van der Waals surface area contributed by atoms with Crippen molar-refractivity contribution in [2.45, 2.75) is 11.7 Å². The number of carbonyl (C=O) groups is 2. The van der Waals surface area contributed by atoms with Crippen LogP contribution in [0.25, 0.3) is 0 Å². The predicted molar refractivity (Wildman–Crippen MR) is 114 cm³/mol. The van der Waals surface area contributed by atoms with E-state index in [-0.39, 0.29) is 11.5 Å². The van der Waals surface area contributed by atoms with Crippen molar-refractivity contribution in [3.63, 3.8) is 0 Å². The quantitative estimate of drug-likeness (QED) is 0.583. The molecule has 1 fully saturated rings. The van der Waals surface area contributed by atoms with Crippen LogP contribution in [-0.2, 0) is 16.0 Å². The number of benzene rings is 2. The number of methoxy groups -OCH3 is 1. The number of hydrogen-bond donors (Lipinski definition) is 1. The van der Waals surface area contributed by atoms with Gasteiger partial charge >= 0.3 is 0 Å². The van der Waals surface area contributed by atoms with Gasteiger partial charge in [-0.3, -0.25) is 14.5 Å². The maximum Gasteiger partial charge on any atom is 0.264 e. The zero-order valence-electron chi connectivity index (χ0n) is 15.8. The molecule has 2 amide bonds. The second kappa shape index (κ2) is 9.03. The lowest BCUT2D eigenvalue weighted by Gasteiger charge is -2.19. The lowest BCUT2D eigenvalue weighted by Crippen LogP contribution is -2.31. The van der Waals surface area contributed by atoms with E-state index in [9.17, 15) is 14.9 Å². The third-order valence-corrected chi connectivity index (χ3v) is 6.04. The number of likely N-dealkylation sites (N-methyl/N-ethyl adjacent to an activating group) is 1. The molecule has 0 aliphatic carbocycles. The van der Waals surface area contributed by atoms with Gasteiger partial charge in [-0.05, 0) is 30.2 Å². The van der Waals surface area contributed by atoms with E-state index in [0.717, 1.165) is 5.56 Å². The summed E-state index contributed by atoms with van der Waals surface area (Å²) in [5.41, 5.74) is 1.23. The molecule has 1 N–H and O–H groups in total. The van der Waals surface area contributed by atoms with E-state index in [1.54, 1.807) is 30.3 Å². The van der Waals surface area contributed by atoms with E-state index in [1.165, 1.54) is 30.8 Å². The summed E-state index contributed by atoms with van der Waals surface area (Å²) in [4.78, 5) is 27.0. The first-order valence-electron chi connectivity index (χ1n) is 8.74. The summed E-state index contributed by atoms with van der Waals surface area (Å²) in [6.07, 6.45) is 0.375. The van der Waals surface area contributed by atoms with Crippen LogP contribution < -0.4 is 15.0 Å². The van der Waals surface area contributed by atoms with Gasteiger partial charge in [-0.1, -0.05) is 47.6 Å². The largest absolute Gasteiger partial charge is 0.497 e. The van der Waals surface area contributed by atoms with Gasteiger partial charge in [0.25, 0.3) is 5.91 Å². The van der Waals surface area contributed by atoms with Crippen LogP contribution in [0.1, 0.15) is 5.56 Å². The van der Waals surface area contributed by atoms with Gasteiger partial charge in [0.15, 0.2) is 0 Å². The fourth-order valence-corrected chi connectivity index (χ4v) is 4.47. The predicted octanol–water partition coefficient (Wildman–Crippen LogP) is 3.52. The molecule has 2 aromatic carbocycles. The van der Waals surface area contributed by atoms with Gasteiger partial charge in [0.1, 0.15) is 22.4 Å². The molecule has 1 aliphatic heterocycles. The molecule has 1 heterocycles. The van der Waals surface area contributed by atoms with E-state index >= 15 is 0 Å². The molecule has 0 unspecified atom stereocenters. The smallest absolute Gasteiger partial charge is 0.264 e. The second-order valence-electron chi connectivity index (χ2n) is 6.15. The number of nitriles is 1. The number of nitrogens with one attached hydrogen (secondary N) is 1. The molecular weight excluding hydrogens is 410 g/mol. The van der Waals surface area contributed by atoms with Crippen molar-refractivity contribution in [3.05, 3.63) is 69.7 Å². The maximum atomic E-state index is 13.3. The summed E-state index contributed by atoms with van der Waals surface area (Å²) in [7, 11) is 2.97. The Hall–Kier alpha value is -2.95. The lowest BCUT2D eigenvalue weighted by molar-refractivity contribution is -0.117. The highest BCUT2D eigenvalue weighted by Gasteiger charge is 2.41. The van der Waals surface area contributed by atoms with Gasteiger partial charge < -0.3 is 10.1 Å². The van der Waals surface area contributed by atoms with Crippen LogP contribution in [0.3, 0.4) is 0 Å². The van der Waals surface area contributed by atoms with Crippen LogP contribution in [0.15, 0.2) is 59.1 Å². The van der Waals surface area contributed by atoms with Crippen LogP contribution in [0.2, 0.25) is 5.02 Å². The van der Waals surface area contributed by atoms with Crippen molar-refractivity contribution in [2.75, 3.05) is 19.1 Å². The molecule has 3 rings (SSSR count). The molecule has 8 heteroatoms. The van der Waals surface area contributed by atoms with Gasteiger partial charge in [0.05, 0.1) is 18.0 Å². The van der Waals surface area contributed by atoms with Crippen molar-refractivity contribution in [2.24, 2.45) is 0 Å². The average molecular weight is 428 g/mol. The number of amides is 2. The third kappa shape index (κ3) is 4.24. The lowest BCUT2D eigenvalue weighted by atomic mass is 10.1. The zero-order valence-corrected chi connectivity index (χ0v) is 17.4. The molecule has 0 aromatic heterocycles. The molecule has 6 nitrogen and oxygen atoms in total. The zero-order chi connectivity index (χ0) is 21.0. The number of halogens is 1.